The van der Waals surface area contributed by atoms with Crippen LogP contribution in [-0.4, -0.2) is 49.8 Å². The molecule has 0 amide bonds. The average molecular weight is 281 g/mol. The first kappa shape index (κ1) is 14.5. The van der Waals surface area contributed by atoms with Crippen molar-refractivity contribution in [3.8, 4) is 11.5 Å². The Labute approximate surface area is 120 Å². The van der Waals surface area contributed by atoms with E-state index in [2.05, 4.69) is 23.7 Å². The Morgan fingerprint density at radius 2 is 1.79 bits per heavy atom. The Balaban J connectivity index is 1.69. The van der Waals surface area contributed by atoms with E-state index in [1.807, 2.05) is 24.3 Å². The highest BCUT2D eigenvalue weighted by molar-refractivity contribution is 7.99. The van der Waals surface area contributed by atoms with Crippen LogP contribution in [0.5, 0.6) is 11.5 Å². The number of hydrogen-bond donors (Lipinski definition) is 0. The fraction of sp³-hybridized carbons (Fsp3) is 0.600. The minimum absolute atomic E-state index is 0.737. The molecule has 0 spiro atoms. The van der Waals surface area contributed by atoms with Gasteiger partial charge < -0.3 is 9.47 Å². The van der Waals surface area contributed by atoms with Crippen molar-refractivity contribution in [1.82, 2.24) is 4.90 Å². The quantitative estimate of drug-likeness (QED) is 0.799. The number of rotatable bonds is 6. The second-order valence-electron chi connectivity index (χ2n) is 4.85. The molecule has 1 heterocycles. The maximum absolute atomic E-state index is 5.76. The molecule has 1 aliphatic heterocycles. The standard InChI is InChI=1S/C15H23NO2S/c1-16(13-7-11-19-12-8-13)9-10-18-15-5-3-14(17-2)4-6-15/h3-6,13H,7-12H2,1-2H3. The Morgan fingerprint density at radius 1 is 1.16 bits per heavy atom. The molecule has 106 valence electrons. The summed E-state index contributed by atoms with van der Waals surface area (Å²) in [6.45, 7) is 1.73. The molecule has 19 heavy (non-hydrogen) atoms. The summed E-state index contributed by atoms with van der Waals surface area (Å²) < 4.78 is 10.9. The van der Waals surface area contributed by atoms with Gasteiger partial charge >= 0.3 is 0 Å². The van der Waals surface area contributed by atoms with E-state index in [1.165, 1.54) is 24.3 Å². The van der Waals surface area contributed by atoms with Crippen LogP contribution in [0.2, 0.25) is 0 Å². The summed E-state index contributed by atoms with van der Waals surface area (Å²) in [7, 11) is 3.88. The van der Waals surface area contributed by atoms with E-state index in [-0.39, 0.29) is 0 Å². The molecule has 0 aromatic heterocycles. The normalized spacial score (nSPS) is 16.6. The highest BCUT2D eigenvalue weighted by Gasteiger charge is 2.17. The van der Waals surface area contributed by atoms with Crippen LogP contribution in [0.25, 0.3) is 0 Å². The van der Waals surface area contributed by atoms with Gasteiger partial charge in [-0.2, -0.15) is 11.8 Å². The molecule has 0 bridgehead atoms. The predicted octanol–water partition coefficient (Wildman–Crippen LogP) is 2.90. The molecule has 1 aliphatic rings. The molecule has 0 atom stereocenters. The van der Waals surface area contributed by atoms with Gasteiger partial charge in [0, 0.05) is 12.6 Å². The van der Waals surface area contributed by atoms with Gasteiger partial charge in [-0.1, -0.05) is 0 Å². The van der Waals surface area contributed by atoms with Crippen LogP contribution in [0.4, 0.5) is 0 Å². The number of benzene rings is 1. The minimum atomic E-state index is 0.737. The third-order valence-corrected chi connectivity index (χ3v) is 4.64. The number of likely N-dealkylation sites (N-methyl/N-ethyl adjacent to an activating group) is 1. The van der Waals surface area contributed by atoms with Crippen LogP contribution in [-0.2, 0) is 0 Å². The van der Waals surface area contributed by atoms with E-state index >= 15 is 0 Å². The van der Waals surface area contributed by atoms with Crippen molar-refractivity contribution in [3.63, 3.8) is 0 Å². The van der Waals surface area contributed by atoms with Crippen LogP contribution < -0.4 is 9.47 Å². The summed E-state index contributed by atoms with van der Waals surface area (Å²) >= 11 is 2.07. The lowest BCUT2D eigenvalue weighted by molar-refractivity contribution is 0.183. The summed E-state index contributed by atoms with van der Waals surface area (Å²) in [6, 6.07) is 8.50. The molecule has 1 saturated heterocycles. The highest BCUT2D eigenvalue weighted by atomic mass is 32.2. The number of hydrogen-bond acceptors (Lipinski definition) is 4. The van der Waals surface area contributed by atoms with Gasteiger partial charge in [-0.05, 0) is 55.7 Å². The van der Waals surface area contributed by atoms with Crippen molar-refractivity contribution in [1.29, 1.82) is 0 Å². The zero-order valence-electron chi connectivity index (χ0n) is 11.8. The second-order valence-corrected chi connectivity index (χ2v) is 6.07. The van der Waals surface area contributed by atoms with Gasteiger partial charge in [0.1, 0.15) is 18.1 Å². The van der Waals surface area contributed by atoms with E-state index in [0.29, 0.717) is 0 Å². The maximum atomic E-state index is 5.76. The largest absolute Gasteiger partial charge is 0.497 e. The van der Waals surface area contributed by atoms with Crippen LogP contribution in [0.3, 0.4) is 0 Å². The SMILES string of the molecule is COc1ccc(OCCN(C)C2CCSCC2)cc1. The monoisotopic (exact) mass is 281 g/mol. The topological polar surface area (TPSA) is 21.7 Å². The lowest BCUT2D eigenvalue weighted by Crippen LogP contribution is -2.37. The fourth-order valence-electron chi connectivity index (χ4n) is 2.29. The molecule has 2 rings (SSSR count). The van der Waals surface area contributed by atoms with Crippen molar-refractivity contribution in [2.75, 3.05) is 38.8 Å². The molecular weight excluding hydrogens is 258 g/mol. The molecule has 0 saturated carbocycles. The Hall–Kier alpha value is -0.870. The maximum Gasteiger partial charge on any atom is 0.119 e. The van der Waals surface area contributed by atoms with Crippen molar-refractivity contribution in [2.45, 2.75) is 18.9 Å². The van der Waals surface area contributed by atoms with Gasteiger partial charge in [0.15, 0.2) is 0 Å². The molecule has 0 N–H and O–H groups in total. The van der Waals surface area contributed by atoms with Gasteiger partial charge in [-0.25, -0.2) is 0 Å². The van der Waals surface area contributed by atoms with Gasteiger partial charge in [0.25, 0.3) is 0 Å². The van der Waals surface area contributed by atoms with E-state index in [4.69, 9.17) is 9.47 Å². The first-order chi connectivity index (χ1) is 9.29. The van der Waals surface area contributed by atoms with E-state index in [9.17, 15) is 0 Å². The predicted molar refractivity (Wildman–Crippen MR) is 81.5 cm³/mol. The van der Waals surface area contributed by atoms with Crippen LogP contribution in [0.15, 0.2) is 24.3 Å². The fourth-order valence-corrected chi connectivity index (χ4v) is 3.37. The van der Waals surface area contributed by atoms with Gasteiger partial charge in [-0.3, -0.25) is 4.90 Å². The molecule has 1 aromatic carbocycles. The summed E-state index contributed by atoms with van der Waals surface area (Å²) in [4.78, 5) is 2.43. The van der Waals surface area contributed by atoms with Crippen molar-refractivity contribution in [3.05, 3.63) is 24.3 Å². The molecule has 4 heteroatoms. The highest BCUT2D eigenvalue weighted by Crippen LogP contribution is 2.21. The lowest BCUT2D eigenvalue weighted by atomic mass is 10.1. The molecule has 1 aromatic rings. The zero-order valence-corrected chi connectivity index (χ0v) is 12.6. The Kier molecular flexibility index (Phi) is 5.86. The Bertz CT molecular complexity index is 363. The van der Waals surface area contributed by atoms with E-state index in [0.717, 1.165) is 30.7 Å². The molecule has 3 nitrogen and oxygen atoms in total. The molecule has 0 unspecified atom stereocenters. The molecular formula is C15H23NO2S. The zero-order chi connectivity index (χ0) is 13.5. The minimum Gasteiger partial charge on any atom is -0.497 e. The van der Waals surface area contributed by atoms with E-state index in [1.54, 1.807) is 7.11 Å². The molecule has 0 aliphatic carbocycles. The molecule has 0 radical (unpaired) electrons. The number of methoxy groups -OCH3 is 1. The first-order valence-corrected chi connectivity index (χ1v) is 8.00. The number of nitrogens with zero attached hydrogens (tertiary/aromatic N) is 1. The van der Waals surface area contributed by atoms with E-state index < -0.39 is 0 Å². The summed E-state index contributed by atoms with van der Waals surface area (Å²) in [5.74, 6) is 4.38. The molecule has 1 fully saturated rings. The third-order valence-electron chi connectivity index (χ3n) is 3.59. The van der Waals surface area contributed by atoms with Gasteiger partial charge in [-0.15, -0.1) is 0 Å². The number of ether oxygens (including phenoxy) is 2. The second kappa shape index (κ2) is 7.65. The summed E-state index contributed by atoms with van der Waals surface area (Å²) in [5.41, 5.74) is 0. The summed E-state index contributed by atoms with van der Waals surface area (Å²) in [6.07, 6.45) is 2.62. The summed E-state index contributed by atoms with van der Waals surface area (Å²) in [5, 5.41) is 0. The smallest absolute Gasteiger partial charge is 0.119 e. The van der Waals surface area contributed by atoms with Crippen molar-refractivity contribution < 1.29 is 9.47 Å². The third kappa shape index (κ3) is 4.62. The van der Waals surface area contributed by atoms with Crippen molar-refractivity contribution in [2.24, 2.45) is 0 Å². The van der Waals surface area contributed by atoms with Gasteiger partial charge in [0.05, 0.1) is 7.11 Å². The van der Waals surface area contributed by atoms with Crippen molar-refractivity contribution >= 4 is 11.8 Å². The first-order valence-electron chi connectivity index (χ1n) is 6.84. The lowest BCUT2D eigenvalue weighted by Gasteiger charge is -2.30. The van der Waals surface area contributed by atoms with Crippen LogP contribution in [0, 0.1) is 0 Å². The van der Waals surface area contributed by atoms with Crippen LogP contribution >= 0.6 is 11.8 Å². The van der Waals surface area contributed by atoms with Gasteiger partial charge in [0.2, 0.25) is 0 Å². The number of thioether (sulfide) groups is 1. The van der Waals surface area contributed by atoms with Crippen LogP contribution in [0.1, 0.15) is 12.8 Å². The Morgan fingerprint density at radius 3 is 2.42 bits per heavy atom. The average Bonchev–Trinajstić information content (AvgIpc) is 2.49.